The standard InChI is InChI=1S/C14H27NO/c1-3-4-5-6-7-10-13(16)14(2)11-8-9-12(14)15/h12H,3-11,15H2,1-2H3. The highest BCUT2D eigenvalue weighted by Gasteiger charge is 2.41. The third-order valence-corrected chi connectivity index (χ3v) is 4.17. The lowest BCUT2D eigenvalue weighted by molar-refractivity contribution is -0.128. The number of carbonyl (C=O) groups excluding carboxylic acids is 1. The van der Waals surface area contributed by atoms with Crippen molar-refractivity contribution in [2.24, 2.45) is 11.1 Å². The van der Waals surface area contributed by atoms with Gasteiger partial charge in [-0.1, -0.05) is 46.0 Å². The van der Waals surface area contributed by atoms with Gasteiger partial charge in [-0.3, -0.25) is 4.79 Å². The Morgan fingerprint density at radius 3 is 2.56 bits per heavy atom. The van der Waals surface area contributed by atoms with Gasteiger partial charge in [-0.05, 0) is 19.3 Å². The predicted octanol–water partition coefficient (Wildman–Crippen LogP) is 3.43. The molecule has 16 heavy (non-hydrogen) atoms. The predicted molar refractivity (Wildman–Crippen MR) is 68.3 cm³/mol. The maximum atomic E-state index is 12.1. The van der Waals surface area contributed by atoms with Crippen LogP contribution in [0.4, 0.5) is 0 Å². The Bertz CT molecular complexity index is 227. The molecule has 1 saturated carbocycles. The molecule has 1 rings (SSSR count). The first-order valence-corrected chi connectivity index (χ1v) is 6.90. The van der Waals surface area contributed by atoms with Crippen LogP contribution in [0.1, 0.15) is 71.6 Å². The number of unbranched alkanes of at least 4 members (excludes halogenated alkanes) is 4. The van der Waals surface area contributed by atoms with Crippen LogP contribution in [-0.4, -0.2) is 11.8 Å². The van der Waals surface area contributed by atoms with Gasteiger partial charge in [0.1, 0.15) is 5.78 Å². The smallest absolute Gasteiger partial charge is 0.140 e. The van der Waals surface area contributed by atoms with Crippen LogP contribution in [0.25, 0.3) is 0 Å². The normalized spacial score (nSPS) is 29.6. The average molecular weight is 225 g/mol. The van der Waals surface area contributed by atoms with E-state index in [1.54, 1.807) is 0 Å². The lowest BCUT2D eigenvalue weighted by atomic mass is 9.79. The molecule has 1 aliphatic carbocycles. The Balaban J connectivity index is 2.24. The zero-order valence-electron chi connectivity index (χ0n) is 10.9. The molecule has 0 aliphatic heterocycles. The summed E-state index contributed by atoms with van der Waals surface area (Å²) in [4.78, 5) is 12.1. The van der Waals surface area contributed by atoms with Gasteiger partial charge >= 0.3 is 0 Å². The zero-order chi connectivity index (χ0) is 12.0. The van der Waals surface area contributed by atoms with Gasteiger partial charge in [-0.2, -0.15) is 0 Å². The molecule has 0 spiro atoms. The molecule has 0 saturated heterocycles. The first-order chi connectivity index (χ1) is 7.61. The fourth-order valence-corrected chi connectivity index (χ4v) is 2.71. The molecule has 0 aromatic carbocycles. The summed E-state index contributed by atoms with van der Waals surface area (Å²) in [5.74, 6) is 0.411. The van der Waals surface area contributed by atoms with E-state index in [9.17, 15) is 4.79 Å². The number of Topliss-reactive ketones (excluding diaryl/α,β-unsaturated/α-hetero) is 1. The van der Waals surface area contributed by atoms with Crippen LogP contribution in [0.5, 0.6) is 0 Å². The monoisotopic (exact) mass is 225 g/mol. The van der Waals surface area contributed by atoms with E-state index in [1.165, 1.54) is 25.7 Å². The SMILES string of the molecule is CCCCCCCC(=O)C1(C)CCCC1N. The first-order valence-electron chi connectivity index (χ1n) is 6.90. The molecule has 0 heterocycles. The van der Waals surface area contributed by atoms with Crippen molar-refractivity contribution in [3.8, 4) is 0 Å². The molecular weight excluding hydrogens is 198 g/mol. The number of hydrogen-bond donors (Lipinski definition) is 1. The van der Waals surface area contributed by atoms with E-state index < -0.39 is 0 Å². The van der Waals surface area contributed by atoms with E-state index in [0.29, 0.717) is 5.78 Å². The Morgan fingerprint density at radius 1 is 1.31 bits per heavy atom. The summed E-state index contributed by atoms with van der Waals surface area (Å²) < 4.78 is 0. The van der Waals surface area contributed by atoms with E-state index >= 15 is 0 Å². The summed E-state index contributed by atoms with van der Waals surface area (Å²) in [6.45, 7) is 4.28. The number of carbonyl (C=O) groups is 1. The number of rotatable bonds is 7. The Kier molecular flexibility index (Phi) is 5.47. The molecule has 94 valence electrons. The minimum atomic E-state index is -0.204. The largest absolute Gasteiger partial charge is 0.327 e. The van der Waals surface area contributed by atoms with Gasteiger partial charge in [0.2, 0.25) is 0 Å². The van der Waals surface area contributed by atoms with Crippen molar-refractivity contribution in [1.29, 1.82) is 0 Å². The van der Waals surface area contributed by atoms with Crippen molar-refractivity contribution in [3.05, 3.63) is 0 Å². The summed E-state index contributed by atoms with van der Waals surface area (Å²) in [5.41, 5.74) is 5.84. The molecule has 1 fully saturated rings. The second-order valence-corrected chi connectivity index (χ2v) is 5.50. The molecule has 0 bridgehead atoms. The zero-order valence-corrected chi connectivity index (χ0v) is 10.9. The fraction of sp³-hybridized carbons (Fsp3) is 0.929. The van der Waals surface area contributed by atoms with Crippen LogP contribution in [0.2, 0.25) is 0 Å². The molecule has 2 atom stereocenters. The summed E-state index contributed by atoms with van der Waals surface area (Å²) in [6.07, 6.45) is 9.98. The van der Waals surface area contributed by atoms with Gasteiger partial charge in [-0.25, -0.2) is 0 Å². The quantitative estimate of drug-likeness (QED) is 0.674. The van der Waals surface area contributed by atoms with E-state index in [4.69, 9.17) is 5.73 Å². The number of nitrogens with two attached hydrogens (primary N) is 1. The van der Waals surface area contributed by atoms with Gasteiger partial charge in [0.25, 0.3) is 0 Å². The molecule has 0 aromatic rings. The summed E-state index contributed by atoms with van der Waals surface area (Å²) in [5, 5.41) is 0. The highest BCUT2D eigenvalue weighted by Crippen LogP contribution is 2.38. The number of ketones is 1. The van der Waals surface area contributed by atoms with E-state index in [1.807, 2.05) is 0 Å². The molecule has 0 amide bonds. The van der Waals surface area contributed by atoms with Crippen LogP contribution < -0.4 is 5.73 Å². The number of hydrogen-bond acceptors (Lipinski definition) is 2. The van der Waals surface area contributed by atoms with Crippen LogP contribution >= 0.6 is 0 Å². The molecular formula is C14H27NO. The lowest BCUT2D eigenvalue weighted by Gasteiger charge is -2.27. The minimum Gasteiger partial charge on any atom is -0.327 e. The summed E-state index contributed by atoms with van der Waals surface area (Å²) in [6, 6.07) is 0.107. The van der Waals surface area contributed by atoms with E-state index in [-0.39, 0.29) is 11.5 Å². The van der Waals surface area contributed by atoms with Crippen LogP contribution in [0.15, 0.2) is 0 Å². The molecule has 0 aromatic heterocycles. The van der Waals surface area contributed by atoms with Crippen LogP contribution in [-0.2, 0) is 4.79 Å². The first kappa shape index (κ1) is 13.7. The maximum absolute atomic E-state index is 12.1. The fourth-order valence-electron chi connectivity index (χ4n) is 2.71. The highest BCUT2D eigenvalue weighted by atomic mass is 16.1. The molecule has 1 aliphatic rings. The Morgan fingerprint density at radius 2 is 2.00 bits per heavy atom. The van der Waals surface area contributed by atoms with Gasteiger partial charge in [0, 0.05) is 17.9 Å². The van der Waals surface area contributed by atoms with Gasteiger partial charge in [0.15, 0.2) is 0 Å². The maximum Gasteiger partial charge on any atom is 0.140 e. The second kappa shape index (κ2) is 6.39. The van der Waals surface area contributed by atoms with Crippen LogP contribution in [0, 0.1) is 5.41 Å². The molecule has 0 radical (unpaired) electrons. The molecule has 2 heteroatoms. The molecule has 2 N–H and O–H groups in total. The van der Waals surface area contributed by atoms with Gasteiger partial charge < -0.3 is 5.73 Å². The Hall–Kier alpha value is -0.370. The van der Waals surface area contributed by atoms with Gasteiger partial charge in [-0.15, -0.1) is 0 Å². The highest BCUT2D eigenvalue weighted by molar-refractivity contribution is 5.85. The van der Waals surface area contributed by atoms with Crippen molar-refractivity contribution in [2.75, 3.05) is 0 Å². The van der Waals surface area contributed by atoms with E-state index in [2.05, 4.69) is 13.8 Å². The topological polar surface area (TPSA) is 43.1 Å². The summed E-state index contributed by atoms with van der Waals surface area (Å²) >= 11 is 0. The minimum absolute atomic E-state index is 0.107. The van der Waals surface area contributed by atoms with Crippen LogP contribution in [0.3, 0.4) is 0 Å². The van der Waals surface area contributed by atoms with Gasteiger partial charge in [0.05, 0.1) is 0 Å². The second-order valence-electron chi connectivity index (χ2n) is 5.50. The lowest BCUT2D eigenvalue weighted by Crippen LogP contribution is -2.41. The van der Waals surface area contributed by atoms with Crippen molar-refractivity contribution in [1.82, 2.24) is 0 Å². The average Bonchev–Trinajstić information content (AvgIpc) is 2.60. The Labute approximate surface area is 100.0 Å². The summed E-state index contributed by atoms with van der Waals surface area (Å²) in [7, 11) is 0. The third kappa shape index (κ3) is 3.31. The molecule has 2 unspecified atom stereocenters. The molecule has 2 nitrogen and oxygen atoms in total. The van der Waals surface area contributed by atoms with Crippen molar-refractivity contribution < 1.29 is 4.79 Å². The van der Waals surface area contributed by atoms with Crippen molar-refractivity contribution in [3.63, 3.8) is 0 Å². The van der Waals surface area contributed by atoms with E-state index in [0.717, 1.165) is 32.1 Å². The van der Waals surface area contributed by atoms with Crippen molar-refractivity contribution >= 4 is 5.78 Å². The van der Waals surface area contributed by atoms with Crippen molar-refractivity contribution in [2.45, 2.75) is 77.7 Å². The third-order valence-electron chi connectivity index (χ3n) is 4.17.